The molecule has 2 aromatic carbocycles. The van der Waals surface area contributed by atoms with Gasteiger partial charge in [0.1, 0.15) is 10.8 Å². The first-order valence-corrected chi connectivity index (χ1v) is 14.6. The fraction of sp³-hybridized carbons (Fsp3) is 0.231. The molecular weight excluding hydrogens is 518 g/mol. The van der Waals surface area contributed by atoms with Gasteiger partial charge in [-0.25, -0.2) is 22.5 Å². The zero-order valence-corrected chi connectivity index (χ0v) is 22.2. The van der Waals surface area contributed by atoms with Crippen LogP contribution in [-0.4, -0.2) is 25.9 Å². The molecule has 4 aromatic rings. The van der Waals surface area contributed by atoms with Crippen LogP contribution in [0.2, 0.25) is 0 Å². The van der Waals surface area contributed by atoms with Crippen molar-refractivity contribution < 1.29 is 17.6 Å². The number of amides is 1. The fourth-order valence-electron chi connectivity index (χ4n) is 3.56. The lowest BCUT2D eigenvalue weighted by Gasteiger charge is -2.15. The van der Waals surface area contributed by atoms with Crippen molar-refractivity contribution in [2.45, 2.75) is 37.1 Å². The average molecular weight is 544 g/mol. The van der Waals surface area contributed by atoms with Gasteiger partial charge in [-0.1, -0.05) is 44.2 Å². The Balaban J connectivity index is 1.42. The fourth-order valence-corrected chi connectivity index (χ4v) is 6.37. The summed E-state index contributed by atoms with van der Waals surface area (Å²) in [4.78, 5) is 18.1. The van der Waals surface area contributed by atoms with E-state index in [-0.39, 0.29) is 23.9 Å². The second-order valence-corrected chi connectivity index (χ2v) is 12.0. The van der Waals surface area contributed by atoms with Crippen molar-refractivity contribution in [2.24, 2.45) is 0 Å². The molecule has 0 fully saturated rings. The highest BCUT2D eigenvalue weighted by molar-refractivity contribution is 7.90. The highest BCUT2D eigenvalue weighted by Gasteiger charge is 2.21. The zero-order valence-electron chi connectivity index (χ0n) is 19.8. The molecule has 36 heavy (non-hydrogen) atoms. The van der Waals surface area contributed by atoms with Gasteiger partial charge in [0.25, 0.3) is 10.0 Å². The molecule has 0 bridgehead atoms. The number of nitrogens with one attached hydrogen (secondary N) is 2. The van der Waals surface area contributed by atoms with Crippen molar-refractivity contribution in [2.75, 3.05) is 6.54 Å². The van der Waals surface area contributed by atoms with Crippen LogP contribution in [0.15, 0.2) is 76.3 Å². The second kappa shape index (κ2) is 11.4. The minimum atomic E-state index is -4.06. The van der Waals surface area contributed by atoms with Crippen LogP contribution < -0.4 is 10.0 Å². The molecule has 0 radical (unpaired) electrons. The molecule has 0 saturated heterocycles. The van der Waals surface area contributed by atoms with Gasteiger partial charge >= 0.3 is 0 Å². The maximum Gasteiger partial charge on any atom is 0.264 e. The van der Waals surface area contributed by atoms with Crippen molar-refractivity contribution in [3.8, 4) is 11.3 Å². The molecule has 0 aliphatic heterocycles. The molecule has 2 aromatic heterocycles. The van der Waals surface area contributed by atoms with Gasteiger partial charge in [-0.2, -0.15) is 0 Å². The summed E-state index contributed by atoms with van der Waals surface area (Å²) in [5.41, 5.74) is 3.20. The topological polar surface area (TPSA) is 88.2 Å². The van der Waals surface area contributed by atoms with E-state index in [1.165, 1.54) is 16.9 Å². The molecule has 2 heterocycles. The summed E-state index contributed by atoms with van der Waals surface area (Å²) in [6.07, 6.45) is -0.0583. The predicted molar refractivity (Wildman–Crippen MR) is 142 cm³/mol. The number of nitrogens with zero attached hydrogens (tertiary/aromatic N) is 1. The van der Waals surface area contributed by atoms with E-state index in [4.69, 9.17) is 4.98 Å². The standard InChI is InChI=1S/C26H26FN3O3S3/c1-17(2)18-5-7-19(8-6-18)22-16-35-26(29-22)25(23-4-3-15-34-23)28-14-13-24(31)30-36(32,33)21-11-9-20(27)10-12-21/h3-12,15-17,25,28H,13-14H2,1-2H3,(H,30,31). The van der Waals surface area contributed by atoms with Gasteiger partial charge in [-0.15, -0.1) is 22.7 Å². The molecule has 0 saturated carbocycles. The number of hydrogen-bond acceptors (Lipinski definition) is 7. The van der Waals surface area contributed by atoms with Crippen molar-refractivity contribution in [1.29, 1.82) is 0 Å². The maximum absolute atomic E-state index is 13.1. The van der Waals surface area contributed by atoms with Gasteiger partial charge in [0.05, 0.1) is 16.6 Å². The third-order valence-corrected chi connectivity index (χ3v) is 8.78. The number of hydrogen-bond donors (Lipinski definition) is 2. The molecule has 1 unspecified atom stereocenters. The van der Waals surface area contributed by atoms with Crippen molar-refractivity contribution in [3.63, 3.8) is 0 Å². The van der Waals surface area contributed by atoms with Crippen LogP contribution >= 0.6 is 22.7 Å². The Morgan fingerprint density at radius 3 is 2.39 bits per heavy atom. The third-order valence-electron chi connectivity index (χ3n) is 5.54. The van der Waals surface area contributed by atoms with Gasteiger partial charge in [-0.05, 0) is 47.2 Å². The number of rotatable bonds is 10. The van der Waals surface area contributed by atoms with Crippen LogP contribution in [-0.2, 0) is 14.8 Å². The summed E-state index contributed by atoms with van der Waals surface area (Å²) in [7, 11) is -4.06. The number of aromatic nitrogens is 1. The second-order valence-electron chi connectivity index (χ2n) is 8.48. The van der Waals surface area contributed by atoms with Crippen LogP contribution in [0, 0.1) is 5.82 Å². The summed E-state index contributed by atoms with van der Waals surface area (Å²) in [6.45, 7) is 4.56. The quantitative estimate of drug-likeness (QED) is 0.268. The maximum atomic E-state index is 13.1. The van der Waals surface area contributed by atoms with E-state index < -0.39 is 21.7 Å². The molecule has 6 nitrogen and oxygen atoms in total. The number of sulfonamides is 1. The van der Waals surface area contributed by atoms with Gasteiger partial charge in [0.15, 0.2) is 0 Å². The molecule has 0 aliphatic rings. The lowest BCUT2D eigenvalue weighted by molar-refractivity contribution is -0.119. The van der Waals surface area contributed by atoms with Crippen molar-refractivity contribution >= 4 is 38.6 Å². The van der Waals surface area contributed by atoms with E-state index in [1.807, 2.05) is 27.6 Å². The Hall–Kier alpha value is -2.92. The van der Waals surface area contributed by atoms with E-state index in [0.29, 0.717) is 5.92 Å². The average Bonchev–Trinajstić information content (AvgIpc) is 3.55. The molecule has 2 N–H and O–H groups in total. The normalized spacial score (nSPS) is 12.6. The molecular formula is C26H26FN3O3S3. The van der Waals surface area contributed by atoms with Crippen LogP contribution in [0.3, 0.4) is 0 Å². The summed E-state index contributed by atoms with van der Waals surface area (Å²) in [5, 5.41) is 8.20. The molecule has 1 amide bonds. The van der Waals surface area contributed by atoms with E-state index in [9.17, 15) is 17.6 Å². The molecule has 188 valence electrons. The van der Waals surface area contributed by atoms with Crippen molar-refractivity contribution in [3.05, 3.63) is 92.7 Å². The lowest BCUT2D eigenvalue weighted by atomic mass is 10.0. The minimum absolute atomic E-state index is 0.0583. The Kier molecular flexibility index (Phi) is 8.30. The monoisotopic (exact) mass is 543 g/mol. The highest BCUT2D eigenvalue weighted by atomic mass is 32.2. The highest BCUT2D eigenvalue weighted by Crippen LogP contribution is 2.32. The Bertz CT molecular complexity index is 1400. The van der Waals surface area contributed by atoms with Crippen LogP contribution in [0.4, 0.5) is 4.39 Å². The first-order valence-electron chi connectivity index (χ1n) is 11.4. The first kappa shape index (κ1) is 26.2. The van der Waals surface area contributed by atoms with Gasteiger partial charge < -0.3 is 5.32 Å². The van der Waals surface area contributed by atoms with Gasteiger partial charge in [0, 0.05) is 28.8 Å². The lowest BCUT2D eigenvalue weighted by Crippen LogP contribution is -2.33. The van der Waals surface area contributed by atoms with E-state index >= 15 is 0 Å². The first-order chi connectivity index (χ1) is 17.2. The molecule has 1 atom stereocenters. The predicted octanol–water partition coefficient (Wildman–Crippen LogP) is 5.71. The number of halogens is 1. The summed E-state index contributed by atoms with van der Waals surface area (Å²) >= 11 is 3.11. The summed E-state index contributed by atoms with van der Waals surface area (Å²) < 4.78 is 39.9. The van der Waals surface area contributed by atoms with Crippen LogP contribution in [0.1, 0.15) is 47.7 Å². The Morgan fingerprint density at radius 2 is 1.75 bits per heavy atom. The van der Waals surface area contributed by atoms with E-state index in [2.05, 4.69) is 43.4 Å². The molecule has 4 rings (SSSR count). The minimum Gasteiger partial charge on any atom is -0.303 e. The van der Waals surface area contributed by atoms with Crippen molar-refractivity contribution in [1.82, 2.24) is 15.0 Å². The largest absolute Gasteiger partial charge is 0.303 e. The van der Waals surface area contributed by atoms with E-state index in [0.717, 1.165) is 45.4 Å². The number of carbonyl (C=O) groups excluding carboxylic acids is 1. The van der Waals surface area contributed by atoms with Gasteiger partial charge in [-0.3, -0.25) is 4.79 Å². The van der Waals surface area contributed by atoms with Gasteiger partial charge in [0.2, 0.25) is 5.91 Å². The molecule has 10 heteroatoms. The smallest absolute Gasteiger partial charge is 0.264 e. The van der Waals surface area contributed by atoms with Crippen LogP contribution in [0.25, 0.3) is 11.3 Å². The summed E-state index contributed by atoms with van der Waals surface area (Å²) in [5.74, 6) is -0.746. The number of benzene rings is 2. The molecule has 0 spiro atoms. The SMILES string of the molecule is CC(C)c1ccc(-c2csc(C(NCCC(=O)NS(=O)(=O)c3ccc(F)cc3)c3cccs3)n2)cc1. The van der Waals surface area contributed by atoms with Crippen LogP contribution in [0.5, 0.6) is 0 Å². The Labute approximate surface area is 218 Å². The number of carbonyl (C=O) groups is 1. The molecule has 0 aliphatic carbocycles. The Morgan fingerprint density at radius 1 is 1.03 bits per heavy atom. The summed E-state index contributed by atoms with van der Waals surface area (Å²) in [6, 6.07) is 16.4. The van der Waals surface area contributed by atoms with E-state index in [1.54, 1.807) is 11.3 Å². The third kappa shape index (κ3) is 6.44. The number of thiazole rings is 1. The zero-order chi connectivity index (χ0) is 25.7. The number of thiophene rings is 1.